The Morgan fingerprint density at radius 2 is 0.629 bits per heavy atom. The van der Waals surface area contributed by atoms with Gasteiger partial charge in [0, 0.05) is 178 Å². The standard InChI is InChI=1S/C65H108N10O18.C27H40N6O12.B2/c1-9-55-44(3)46(5)60(73-48(7)76)64(92-55)90-30-13-11-17-52(78)19-15-24-67-57(80)21-26-70-62(83)50-41-51(43-54(42-50)89-34-28-69-59(82)23-32-85-35-37-87-39-40-88-38-36-86-33-29-72-75-66)63(84)71-27-22-58(81)68-25-16-20-53(79)18-12-14-31-91-65-61(74-49(8)77)47(6)45(4)56(10-2)93-65;28-33-32-7-9-42-12-14-44-16-15-43-13-11-41-8-3-23(34)29-6-10-45-22-18-20(26(39)30-4-1-24(35)36)17-21(19-22)27(40)31-5-2-25(37)38;1-2/h41-47,55-56,60-61,64-65H,9-40H2,1-8H3,(H,67,80)(H,68,81)(H,69,82)(H,70,83)(H,71,84)(H,73,76)(H,74,77);17-19H,1-16H2,(H,29,34)(H,30,39)(H,31,40)(H,35,36)(H,37,38);. The maximum atomic E-state index is 13.5. The molecule has 0 spiro atoms. The molecular weight excluding hydrogens is 1830 g/mol. The molecule has 0 aromatic heterocycles. The van der Waals surface area contributed by atoms with E-state index in [1.165, 1.54) is 50.2 Å². The molecule has 10 atom stereocenters. The van der Waals surface area contributed by atoms with E-state index in [0.29, 0.717) is 150 Å². The molecular formula is C92H148B2N16O30. The fourth-order valence-electron chi connectivity index (χ4n) is 13.9. The Kier molecular flexibility index (Phi) is 71.5. The zero-order valence-electron chi connectivity index (χ0n) is 82.3. The molecule has 0 saturated carbocycles. The summed E-state index contributed by atoms with van der Waals surface area (Å²) in [5, 5.41) is 51.5. The van der Waals surface area contributed by atoms with Gasteiger partial charge in [-0.2, -0.15) is 0 Å². The van der Waals surface area contributed by atoms with Crippen molar-refractivity contribution in [2.45, 2.75) is 208 Å². The summed E-state index contributed by atoms with van der Waals surface area (Å²) in [6.45, 7) is 22.4. The lowest BCUT2D eigenvalue weighted by molar-refractivity contribution is -0.236. The highest BCUT2D eigenvalue weighted by atomic mass is 16.7. The summed E-state index contributed by atoms with van der Waals surface area (Å²) < 4.78 is 78.9. The van der Waals surface area contributed by atoms with E-state index in [1.54, 1.807) is 0 Å². The second-order valence-electron chi connectivity index (χ2n) is 32.4. The summed E-state index contributed by atoms with van der Waals surface area (Å²) in [7, 11) is 8.00. The van der Waals surface area contributed by atoms with E-state index < -0.39 is 48.1 Å². The van der Waals surface area contributed by atoms with Gasteiger partial charge in [0.25, 0.3) is 23.6 Å². The number of ketones is 2. The first-order valence-corrected chi connectivity index (χ1v) is 47.8. The molecule has 2 aliphatic rings. The minimum atomic E-state index is -1.09. The van der Waals surface area contributed by atoms with Gasteiger partial charge < -0.3 is 130 Å². The van der Waals surface area contributed by atoms with Gasteiger partial charge in [-0.05, 0) is 122 Å². The van der Waals surface area contributed by atoms with Gasteiger partial charge in [0.1, 0.15) is 36.3 Å². The molecule has 4 rings (SSSR count). The van der Waals surface area contributed by atoms with Gasteiger partial charge in [-0.1, -0.05) is 51.8 Å². The minimum Gasteiger partial charge on any atom is -0.492 e. The number of Topliss-reactive ketones (excluding diaryl/α,β-unsaturated/α-hetero) is 2. The van der Waals surface area contributed by atoms with E-state index >= 15 is 0 Å². The molecule has 2 aromatic carbocycles. The van der Waals surface area contributed by atoms with Crippen LogP contribution in [0.5, 0.6) is 11.5 Å². The van der Waals surface area contributed by atoms with Gasteiger partial charge in [-0.15, -0.1) is 0 Å². The first-order chi connectivity index (χ1) is 67.5. The molecule has 4 radical (unpaired) electrons. The third-order valence-electron chi connectivity index (χ3n) is 21.6. The number of amides is 10. The Morgan fingerprint density at radius 1 is 0.343 bits per heavy atom. The van der Waals surface area contributed by atoms with E-state index in [2.05, 4.69) is 130 Å². The average Bonchev–Trinajstić information content (AvgIpc) is 0.809. The maximum Gasteiger partial charge on any atom is 0.305 e. The topological polar surface area (TPSA) is 626 Å². The van der Waals surface area contributed by atoms with Crippen molar-refractivity contribution in [3.63, 3.8) is 0 Å². The van der Waals surface area contributed by atoms with Crippen LogP contribution < -0.4 is 62.6 Å². The number of nitrogens with one attached hydrogen (secondary N) is 10. The Hall–Kier alpha value is -10.7. The lowest BCUT2D eigenvalue weighted by Crippen LogP contribution is -2.57. The van der Waals surface area contributed by atoms with Crippen molar-refractivity contribution < 1.29 is 144 Å². The molecule has 10 amide bonds. The Labute approximate surface area is 821 Å². The average molecular weight is 1980 g/mol. The number of rotatable bonds is 78. The van der Waals surface area contributed by atoms with Crippen LogP contribution in [0, 0.1) is 23.7 Å². The summed E-state index contributed by atoms with van der Waals surface area (Å²) in [5.74, 6) is -4.90. The Bertz CT molecular complexity index is 3910. The first-order valence-electron chi connectivity index (χ1n) is 47.8. The fraction of sp³-hybridized carbons (Fsp3) is 0.717. The molecule has 2 saturated heterocycles. The number of carboxylic acids is 2. The maximum absolute atomic E-state index is 13.5. The third-order valence-corrected chi connectivity index (χ3v) is 21.6. The van der Waals surface area contributed by atoms with E-state index in [1.807, 2.05) is 0 Å². The zero-order valence-corrected chi connectivity index (χ0v) is 82.3. The molecule has 0 aliphatic carbocycles. The highest BCUT2D eigenvalue weighted by molar-refractivity contribution is 6.75. The Morgan fingerprint density at radius 3 is 0.929 bits per heavy atom. The normalized spacial score (nSPS) is 17.3. The molecule has 12 N–H and O–H groups in total. The molecule has 782 valence electrons. The second kappa shape index (κ2) is 79.9. The number of carbonyl (C=O) groups excluding carboxylic acids is 12. The summed E-state index contributed by atoms with van der Waals surface area (Å²) in [6, 6.07) is 7.67. The molecule has 2 aliphatic heterocycles. The number of aliphatic carboxylic acids is 2. The van der Waals surface area contributed by atoms with Crippen LogP contribution in [-0.2, 0) is 105 Å². The van der Waals surface area contributed by atoms with Crippen molar-refractivity contribution in [1.29, 1.82) is 0 Å². The van der Waals surface area contributed by atoms with Crippen molar-refractivity contribution in [1.82, 2.24) is 53.2 Å². The quantitative estimate of drug-likeness (QED) is 0.0138. The number of ether oxygens (including phenoxy) is 14. The number of hydrogen-bond acceptors (Lipinski definition) is 30. The van der Waals surface area contributed by atoms with Gasteiger partial charge in [0.05, 0.1) is 156 Å². The van der Waals surface area contributed by atoms with Crippen molar-refractivity contribution in [2.24, 2.45) is 33.9 Å². The lowest BCUT2D eigenvalue weighted by Gasteiger charge is -2.44. The van der Waals surface area contributed by atoms with Crippen LogP contribution in [0.15, 0.2) is 46.6 Å². The molecule has 10 unspecified atom stereocenters. The van der Waals surface area contributed by atoms with Crippen molar-refractivity contribution in [3.8, 4) is 11.5 Å². The highest BCUT2D eigenvalue weighted by Crippen LogP contribution is 2.35. The number of carboxylic acid groups (broad SMARTS) is 2. The van der Waals surface area contributed by atoms with E-state index in [9.17, 15) is 67.1 Å². The van der Waals surface area contributed by atoms with Gasteiger partial charge >= 0.3 is 11.9 Å². The van der Waals surface area contributed by atoms with Gasteiger partial charge in [0.2, 0.25) is 35.4 Å². The van der Waals surface area contributed by atoms with E-state index in [-0.39, 0.29) is 279 Å². The van der Waals surface area contributed by atoms with Crippen molar-refractivity contribution in [3.05, 3.63) is 79.5 Å². The van der Waals surface area contributed by atoms with E-state index in [4.69, 9.17) is 87.6 Å². The number of carbonyl (C=O) groups is 14. The fourth-order valence-corrected chi connectivity index (χ4v) is 13.9. The summed E-state index contributed by atoms with van der Waals surface area (Å²) in [6.07, 6.45) is 4.77. The van der Waals surface area contributed by atoms with Crippen LogP contribution in [-0.4, -0.2) is 343 Å². The minimum absolute atomic E-state index is 0.00847. The number of nitrogens with zero attached hydrogens (tertiary/aromatic N) is 6. The second-order valence-corrected chi connectivity index (χ2v) is 32.4. The SMILES string of the molecule is CCC1OC(OCCCCC(=O)CCCNC(=O)CCNC(=O)c2cc(OCCNC(=O)CCOCCOCCOCCOCCN=[N+]=[N-])cc(C(=O)NCCC(=O)NCCCC(=O)CCCCOC3OC(CC)C(C)C(C)C3NC(C)=O)c2)C(NC(C)=O)C(C)C1C.[B][B].[N-]=[N+]=NCCOCCOCCOCCOCCC(=O)NCCOc1cc(C(=O)NCCC(=O)O)cc(C(=O)NCCC(=O)O)c1. The van der Waals surface area contributed by atoms with Gasteiger partial charge in [0.15, 0.2) is 12.6 Å². The van der Waals surface area contributed by atoms with Crippen LogP contribution in [0.2, 0.25) is 0 Å². The lowest BCUT2D eigenvalue weighted by atomic mass is 9.81. The molecule has 2 heterocycles. The van der Waals surface area contributed by atoms with Crippen LogP contribution in [0.1, 0.15) is 212 Å². The summed E-state index contributed by atoms with van der Waals surface area (Å²) in [4.78, 5) is 178. The number of unbranched alkanes of at least 4 members (excludes halogenated alkanes) is 2. The molecule has 2 aromatic rings. The summed E-state index contributed by atoms with van der Waals surface area (Å²) in [5.41, 5.74) is 16.6. The van der Waals surface area contributed by atoms with Crippen LogP contribution in [0.4, 0.5) is 0 Å². The Balaban J connectivity index is 0.00000118. The smallest absolute Gasteiger partial charge is 0.305 e. The highest BCUT2D eigenvalue weighted by Gasteiger charge is 2.43. The largest absolute Gasteiger partial charge is 0.492 e. The first kappa shape index (κ1) is 125. The predicted molar refractivity (Wildman–Crippen MR) is 512 cm³/mol. The molecule has 0 bridgehead atoms. The zero-order chi connectivity index (χ0) is 103. The molecule has 2 fully saturated rings. The molecule has 48 heteroatoms. The predicted octanol–water partition coefficient (Wildman–Crippen LogP) is 4.91. The number of azide groups is 2. The van der Waals surface area contributed by atoms with Crippen LogP contribution in [0.3, 0.4) is 0 Å². The number of hydrogen-bond donors (Lipinski definition) is 12. The molecule has 140 heavy (non-hydrogen) atoms. The molecule has 46 nitrogen and oxygen atoms in total. The summed E-state index contributed by atoms with van der Waals surface area (Å²) >= 11 is 0. The van der Waals surface area contributed by atoms with Crippen LogP contribution >= 0.6 is 0 Å². The van der Waals surface area contributed by atoms with Gasteiger partial charge in [-0.25, -0.2) is 0 Å². The van der Waals surface area contributed by atoms with Gasteiger partial charge in [-0.3, -0.25) is 67.1 Å². The van der Waals surface area contributed by atoms with Crippen molar-refractivity contribution >= 4 is 98.1 Å². The monoisotopic (exact) mass is 1980 g/mol. The number of benzene rings is 2. The third kappa shape index (κ3) is 60.4. The van der Waals surface area contributed by atoms with E-state index in [0.717, 1.165) is 12.8 Å². The van der Waals surface area contributed by atoms with Crippen molar-refractivity contribution in [2.75, 3.05) is 198 Å². The van der Waals surface area contributed by atoms with Crippen LogP contribution in [0.25, 0.3) is 20.9 Å².